The van der Waals surface area contributed by atoms with Gasteiger partial charge in [0, 0.05) is 6.54 Å². The van der Waals surface area contributed by atoms with Crippen molar-refractivity contribution in [3.05, 3.63) is 0 Å². The van der Waals surface area contributed by atoms with Gasteiger partial charge in [-0.25, -0.2) is 0 Å². The Hall–Kier alpha value is -1.93. The van der Waals surface area contributed by atoms with Crippen molar-refractivity contribution in [2.75, 3.05) is 32.7 Å². The van der Waals surface area contributed by atoms with Gasteiger partial charge in [0.1, 0.15) is 6.23 Å². The quantitative estimate of drug-likeness (QED) is 0.188. The Bertz CT molecular complexity index is 413. The van der Waals surface area contributed by atoms with E-state index in [0.29, 0.717) is 0 Å². The zero-order valence-electron chi connectivity index (χ0n) is 11.7. The first kappa shape index (κ1) is 21.1. The third kappa shape index (κ3) is 10.4. The van der Waals surface area contributed by atoms with Crippen LogP contribution in [-0.2, 0) is 23.4 Å². The summed E-state index contributed by atoms with van der Waals surface area (Å²) in [4.78, 5) is 44.7. The first-order chi connectivity index (χ1) is 10.6. The van der Waals surface area contributed by atoms with Crippen LogP contribution in [0.25, 0.3) is 0 Å². The molecular formula is C10H16N2O10S. The van der Waals surface area contributed by atoms with Crippen molar-refractivity contribution < 1.29 is 48.3 Å². The van der Waals surface area contributed by atoms with E-state index in [4.69, 9.17) is 29.2 Å². The Morgan fingerprint density at radius 2 is 1.22 bits per heavy atom. The molecule has 0 aliphatic heterocycles. The smallest absolute Gasteiger partial charge is 0.317 e. The molecule has 0 bridgehead atoms. The molecule has 0 heterocycles. The van der Waals surface area contributed by atoms with E-state index in [1.165, 1.54) is 0 Å². The fourth-order valence-corrected chi connectivity index (χ4v) is 1.93. The van der Waals surface area contributed by atoms with Crippen LogP contribution in [0.5, 0.6) is 0 Å². The van der Waals surface area contributed by atoms with Gasteiger partial charge >= 0.3 is 23.9 Å². The van der Waals surface area contributed by atoms with Crippen molar-refractivity contribution in [3.63, 3.8) is 0 Å². The Morgan fingerprint density at radius 3 is 1.52 bits per heavy atom. The molecule has 1 unspecified atom stereocenters. The van der Waals surface area contributed by atoms with E-state index in [1.54, 1.807) is 0 Å². The van der Waals surface area contributed by atoms with E-state index >= 15 is 0 Å². The van der Waals surface area contributed by atoms with E-state index in [9.17, 15) is 19.2 Å². The van der Waals surface area contributed by atoms with Gasteiger partial charge in [0.15, 0.2) is 12.3 Å². The molecule has 0 aromatic heterocycles. The van der Waals surface area contributed by atoms with E-state index in [0.717, 1.165) is 9.80 Å². The predicted molar refractivity (Wildman–Crippen MR) is 73.6 cm³/mol. The molecule has 13 heteroatoms. The molecule has 1 atom stereocenters. The molecule has 0 rings (SSSR count). The van der Waals surface area contributed by atoms with E-state index in [-0.39, 0.29) is 12.3 Å². The molecule has 0 aromatic carbocycles. The molecule has 0 aliphatic rings. The van der Waals surface area contributed by atoms with Gasteiger partial charge < -0.3 is 25.0 Å². The number of nitrogens with zero attached hydrogens (tertiary/aromatic N) is 2. The highest BCUT2D eigenvalue weighted by Gasteiger charge is 2.28. The predicted octanol–water partition coefficient (Wildman–Crippen LogP) is -1.61. The number of carboxylic acids is 4. The van der Waals surface area contributed by atoms with Crippen molar-refractivity contribution in [1.29, 1.82) is 0 Å². The monoisotopic (exact) mass is 356 g/mol. The molecule has 5 N–H and O–H groups in total. The first-order valence-corrected chi connectivity index (χ1v) is 6.66. The summed E-state index contributed by atoms with van der Waals surface area (Å²) in [7, 11) is 0. The molecule has 0 radical (unpaired) electrons. The normalized spacial score (nSPS) is 12.3. The third-order valence-electron chi connectivity index (χ3n) is 2.37. The maximum Gasteiger partial charge on any atom is 0.317 e. The second-order valence-electron chi connectivity index (χ2n) is 4.27. The highest BCUT2D eigenvalue weighted by atomic mass is 32.2. The fourth-order valence-electron chi connectivity index (χ4n) is 1.65. The molecule has 0 aromatic rings. The van der Waals surface area contributed by atoms with Crippen LogP contribution in [0.2, 0.25) is 0 Å². The topological polar surface area (TPSA) is 185 Å². The van der Waals surface area contributed by atoms with Crippen LogP contribution in [0.3, 0.4) is 0 Å². The van der Waals surface area contributed by atoms with Crippen LogP contribution in [0.1, 0.15) is 0 Å². The number of carboxylic acid groups (broad SMARTS) is 4. The molecular weight excluding hydrogens is 340 g/mol. The lowest BCUT2D eigenvalue weighted by Gasteiger charge is -2.31. The number of hydrogen-bond donors (Lipinski definition) is 5. The van der Waals surface area contributed by atoms with E-state index < -0.39 is 62.8 Å². The lowest BCUT2D eigenvalue weighted by Crippen LogP contribution is -2.50. The second kappa shape index (κ2) is 10.7. The summed E-state index contributed by atoms with van der Waals surface area (Å²) in [5.74, 6) is -5.45. The number of carbonyl (C=O) groups is 4. The summed E-state index contributed by atoms with van der Waals surface area (Å²) in [6.45, 7) is -3.39. The van der Waals surface area contributed by atoms with Gasteiger partial charge in [-0.15, -0.1) is 0 Å². The van der Waals surface area contributed by atoms with Gasteiger partial charge in [0.2, 0.25) is 0 Å². The van der Waals surface area contributed by atoms with E-state index in [1.807, 2.05) is 0 Å². The maximum absolute atomic E-state index is 10.8. The molecule has 0 amide bonds. The van der Waals surface area contributed by atoms with Gasteiger partial charge in [0.25, 0.3) is 0 Å². The fraction of sp³-hybridized carbons (Fsp3) is 0.600. The summed E-state index contributed by atoms with van der Waals surface area (Å²) < 4.78 is 13.5. The Kier molecular flexibility index (Phi) is 9.84. The molecule has 0 saturated heterocycles. The third-order valence-corrected chi connectivity index (χ3v) is 2.68. The molecule has 23 heavy (non-hydrogen) atoms. The molecule has 0 aliphatic carbocycles. The standard InChI is InChI=1S/C10H16N2O10S/c13-7(14)2-11(3-8(15)16)1-6(22-23-21)12(4-9(17)18)5-10(19)20/h6,21H,1-5H2,(H,13,14)(H,15,16)(H,17,18)(H,19,20). The molecule has 0 fully saturated rings. The van der Waals surface area contributed by atoms with Gasteiger partial charge in [-0.1, -0.05) is 0 Å². The lowest BCUT2D eigenvalue weighted by molar-refractivity contribution is -0.150. The first-order valence-electron chi connectivity index (χ1n) is 5.96. The maximum atomic E-state index is 10.8. The average Bonchev–Trinajstić information content (AvgIpc) is 2.34. The van der Waals surface area contributed by atoms with Gasteiger partial charge in [0.05, 0.1) is 26.2 Å². The Labute approximate surface area is 134 Å². The van der Waals surface area contributed by atoms with E-state index in [2.05, 4.69) is 0 Å². The van der Waals surface area contributed by atoms with Gasteiger partial charge in [-0.05, 0) is 0 Å². The van der Waals surface area contributed by atoms with Crippen LogP contribution in [0.15, 0.2) is 0 Å². The summed E-state index contributed by atoms with van der Waals surface area (Å²) in [6, 6.07) is 0. The largest absolute Gasteiger partial charge is 0.480 e. The van der Waals surface area contributed by atoms with Crippen molar-refractivity contribution in [2.45, 2.75) is 6.23 Å². The minimum atomic E-state index is -1.38. The summed E-state index contributed by atoms with van der Waals surface area (Å²) in [6.07, 6.45) is -1.36. The minimum absolute atomic E-state index is 0.177. The average molecular weight is 356 g/mol. The SMILES string of the molecule is O=C(O)CN(CC(=O)O)CC(OSO)N(CC(=O)O)CC(=O)O. The van der Waals surface area contributed by atoms with Crippen LogP contribution < -0.4 is 0 Å². The van der Waals surface area contributed by atoms with Crippen molar-refractivity contribution in [2.24, 2.45) is 0 Å². The highest BCUT2D eigenvalue weighted by Crippen LogP contribution is 2.11. The Morgan fingerprint density at radius 1 is 0.826 bits per heavy atom. The zero-order valence-corrected chi connectivity index (χ0v) is 12.5. The molecule has 12 nitrogen and oxygen atoms in total. The lowest BCUT2D eigenvalue weighted by atomic mass is 10.3. The second-order valence-corrected chi connectivity index (χ2v) is 4.62. The zero-order chi connectivity index (χ0) is 18.0. The summed E-state index contributed by atoms with van der Waals surface area (Å²) >= 11 is -0.177. The van der Waals surface area contributed by atoms with Crippen molar-refractivity contribution in [1.82, 2.24) is 9.80 Å². The van der Waals surface area contributed by atoms with Crippen molar-refractivity contribution in [3.8, 4) is 0 Å². The number of hydrogen-bond acceptors (Lipinski definition) is 9. The molecule has 132 valence electrons. The van der Waals surface area contributed by atoms with Crippen LogP contribution in [0, 0.1) is 0 Å². The minimum Gasteiger partial charge on any atom is -0.480 e. The number of aliphatic carboxylic acids is 4. The van der Waals surface area contributed by atoms with Gasteiger partial charge in [-0.3, -0.25) is 33.2 Å². The Balaban J connectivity index is 5.17. The highest BCUT2D eigenvalue weighted by molar-refractivity contribution is 7.88. The van der Waals surface area contributed by atoms with Gasteiger partial charge in [-0.2, -0.15) is 0 Å². The number of rotatable bonds is 13. The molecule has 0 spiro atoms. The van der Waals surface area contributed by atoms with Crippen molar-refractivity contribution >= 4 is 36.2 Å². The van der Waals surface area contributed by atoms with Crippen LogP contribution in [-0.4, -0.2) is 97.6 Å². The summed E-state index contributed by atoms with van der Waals surface area (Å²) in [5.41, 5.74) is 0. The molecule has 0 saturated carbocycles. The van der Waals surface area contributed by atoms with Crippen LogP contribution >= 0.6 is 12.3 Å². The summed E-state index contributed by atoms with van der Waals surface area (Å²) in [5, 5.41) is 35.0. The van der Waals surface area contributed by atoms with Crippen LogP contribution in [0.4, 0.5) is 0 Å².